The Kier molecular flexibility index (Phi) is 8.08. The fraction of sp³-hybridized carbons (Fsp3) is 0.276. The van der Waals surface area contributed by atoms with E-state index in [1.807, 2.05) is 53.1 Å². The van der Waals surface area contributed by atoms with E-state index in [-0.39, 0.29) is 29.9 Å². The molecule has 0 unspecified atom stereocenters. The summed E-state index contributed by atoms with van der Waals surface area (Å²) in [6, 6.07) is 18.2. The zero-order valence-corrected chi connectivity index (χ0v) is 21.3. The van der Waals surface area contributed by atoms with Crippen LogP contribution in [0, 0.1) is 6.92 Å². The first-order chi connectivity index (χ1) is 17.9. The second kappa shape index (κ2) is 11.6. The minimum Gasteiger partial charge on any atom is -0.483 e. The summed E-state index contributed by atoms with van der Waals surface area (Å²) in [6.07, 6.45) is 1.66. The van der Waals surface area contributed by atoms with Gasteiger partial charge in [0.15, 0.2) is 5.75 Å². The van der Waals surface area contributed by atoms with Gasteiger partial charge in [-0.25, -0.2) is 4.79 Å². The molecule has 8 nitrogen and oxygen atoms in total. The molecule has 2 heterocycles. The van der Waals surface area contributed by atoms with Crippen LogP contribution in [0.1, 0.15) is 35.5 Å². The summed E-state index contributed by atoms with van der Waals surface area (Å²) in [4.78, 5) is 39.8. The Balaban J connectivity index is 1.43. The zero-order valence-electron chi connectivity index (χ0n) is 21.3. The summed E-state index contributed by atoms with van der Waals surface area (Å²) in [7, 11) is 0. The van der Waals surface area contributed by atoms with Gasteiger partial charge in [-0.3, -0.25) is 9.59 Å². The van der Waals surface area contributed by atoms with Crippen molar-refractivity contribution in [3.8, 4) is 5.75 Å². The normalized spacial score (nSPS) is 10.9. The Bertz CT molecular complexity index is 1500. The summed E-state index contributed by atoms with van der Waals surface area (Å²) in [6.45, 7) is 8.52. The number of nitrogens with one attached hydrogen (secondary N) is 1. The largest absolute Gasteiger partial charge is 0.483 e. The average molecular weight is 502 g/mol. The third-order valence-corrected chi connectivity index (χ3v) is 6.35. The molecule has 37 heavy (non-hydrogen) atoms. The summed E-state index contributed by atoms with van der Waals surface area (Å²) in [5.41, 5.74) is 2.09. The molecule has 4 aromatic rings. The molecule has 0 bridgehead atoms. The van der Waals surface area contributed by atoms with Crippen molar-refractivity contribution in [1.29, 1.82) is 0 Å². The fourth-order valence-corrected chi connectivity index (χ4v) is 4.23. The highest BCUT2D eigenvalue weighted by atomic mass is 16.5. The van der Waals surface area contributed by atoms with Gasteiger partial charge in [0.05, 0.1) is 5.69 Å². The standard InChI is InChI=1S/C29H31N3O5/c1-4-31(5-2)23-12-11-22-17-24(29(35)37-26(22)18-23)28(34)30-14-16-32-15-13-25(33)27(20(32)3)36-19-21-9-7-6-8-10-21/h6-13,15,17-18H,4-5,14,16,19H2,1-3H3,(H,30,34). The molecule has 2 aromatic heterocycles. The van der Waals surface area contributed by atoms with Crippen LogP contribution in [0.4, 0.5) is 5.69 Å². The van der Waals surface area contributed by atoms with Crippen LogP contribution < -0.4 is 26.0 Å². The maximum atomic E-state index is 12.8. The lowest BCUT2D eigenvalue weighted by Crippen LogP contribution is -2.31. The van der Waals surface area contributed by atoms with E-state index in [9.17, 15) is 14.4 Å². The van der Waals surface area contributed by atoms with E-state index >= 15 is 0 Å². The van der Waals surface area contributed by atoms with Crippen LogP contribution in [-0.2, 0) is 13.2 Å². The fourth-order valence-electron chi connectivity index (χ4n) is 4.23. The first-order valence-corrected chi connectivity index (χ1v) is 12.4. The Hall–Kier alpha value is -4.33. The van der Waals surface area contributed by atoms with Crippen LogP contribution >= 0.6 is 0 Å². The van der Waals surface area contributed by atoms with Crippen LogP contribution in [-0.4, -0.2) is 30.1 Å². The van der Waals surface area contributed by atoms with E-state index in [2.05, 4.69) is 24.1 Å². The Morgan fingerprint density at radius 1 is 1.03 bits per heavy atom. The highest BCUT2D eigenvalue weighted by Crippen LogP contribution is 2.22. The molecule has 1 N–H and O–H groups in total. The zero-order chi connectivity index (χ0) is 26.4. The summed E-state index contributed by atoms with van der Waals surface area (Å²) in [5.74, 6) is -0.236. The van der Waals surface area contributed by atoms with Crippen molar-refractivity contribution in [3.63, 3.8) is 0 Å². The number of hydrogen-bond donors (Lipinski definition) is 1. The first-order valence-electron chi connectivity index (χ1n) is 12.4. The van der Waals surface area contributed by atoms with E-state index in [1.54, 1.807) is 19.2 Å². The van der Waals surface area contributed by atoms with Gasteiger partial charge in [-0.2, -0.15) is 0 Å². The third-order valence-electron chi connectivity index (χ3n) is 6.35. The number of benzene rings is 2. The van der Waals surface area contributed by atoms with Gasteiger partial charge in [-0.1, -0.05) is 30.3 Å². The Morgan fingerprint density at radius 2 is 1.78 bits per heavy atom. The number of nitrogens with zero attached hydrogens (tertiary/aromatic N) is 2. The lowest BCUT2D eigenvalue weighted by atomic mass is 10.1. The maximum Gasteiger partial charge on any atom is 0.349 e. The SMILES string of the molecule is CCN(CC)c1ccc2cc(C(=O)NCCn3ccc(=O)c(OCc4ccccc4)c3C)c(=O)oc2c1. The van der Waals surface area contributed by atoms with Crippen molar-refractivity contribution in [1.82, 2.24) is 9.88 Å². The van der Waals surface area contributed by atoms with Crippen molar-refractivity contribution in [2.24, 2.45) is 0 Å². The van der Waals surface area contributed by atoms with Crippen LogP contribution in [0.25, 0.3) is 11.0 Å². The van der Waals surface area contributed by atoms with E-state index in [0.717, 1.165) is 24.3 Å². The van der Waals surface area contributed by atoms with Gasteiger partial charge in [-0.15, -0.1) is 0 Å². The molecule has 8 heteroatoms. The number of fused-ring (bicyclic) bond motifs is 1. The van der Waals surface area contributed by atoms with E-state index in [1.165, 1.54) is 6.07 Å². The average Bonchev–Trinajstić information content (AvgIpc) is 2.90. The molecule has 1 amide bonds. The monoisotopic (exact) mass is 501 g/mol. The summed E-state index contributed by atoms with van der Waals surface area (Å²) >= 11 is 0. The minimum atomic E-state index is -0.683. The van der Waals surface area contributed by atoms with Gasteiger partial charge in [0.1, 0.15) is 17.8 Å². The van der Waals surface area contributed by atoms with Gasteiger partial charge in [-0.05, 0) is 44.5 Å². The molecular formula is C29H31N3O5. The molecule has 0 spiro atoms. The molecule has 2 aromatic carbocycles. The predicted octanol–water partition coefficient (Wildman–Crippen LogP) is 4.12. The lowest BCUT2D eigenvalue weighted by Gasteiger charge is -2.21. The Labute approximate surface area is 215 Å². The highest BCUT2D eigenvalue weighted by Gasteiger charge is 2.15. The molecule has 0 aliphatic heterocycles. The van der Waals surface area contributed by atoms with Gasteiger partial charge in [0.25, 0.3) is 5.91 Å². The number of anilines is 1. The number of carbonyl (C=O) groups excluding carboxylic acids is 1. The van der Waals surface area contributed by atoms with Gasteiger partial charge < -0.3 is 23.9 Å². The number of ether oxygens (including phenoxy) is 1. The van der Waals surface area contributed by atoms with E-state index in [0.29, 0.717) is 23.2 Å². The highest BCUT2D eigenvalue weighted by molar-refractivity contribution is 5.97. The maximum absolute atomic E-state index is 12.8. The second-order valence-electron chi connectivity index (χ2n) is 8.66. The van der Waals surface area contributed by atoms with Crippen molar-refractivity contribution in [3.05, 3.63) is 104 Å². The molecule has 192 valence electrons. The molecular weight excluding hydrogens is 470 g/mol. The van der Waals surface area contributed by atoms with Crippen molar-refractivity contribution in [2.45, 2.75) is 33.9 Å². The third kappa shape index (κ3) is 5.91. The van der Waals surface area contributed by atoms with Gasteiger partial charge >= 0.3 is 5.63 Å². The molecule has 0 fully saturated rings. The van der Waals surface area contributed by atoms with Gasteiger partial charge in [0.2, 0.25) is 5.43 Å². The molecule has 0 radical (unpaired) electrons. The van der Waals surface area contributed by atoms with Crippen molar-refractivity contribution in [2.75, 3.05) is 24.5 Å². The summed E-state index contributed by atoms with van der Waals surface area (Å²) < 4.78 is 13.1. The number of hydrogen-bond acceptors (Lipinski definition) is 6. The second-order valence-corrected chi connectivity index (χ2v) is 8.66. The van der Waals surface area contributed by atoms with Crippen LogP contribution in [0.15, 0.2) is 80.9 Å². The summed E-state index contributed by atoms with van der Waals surface area (Å²) in [5, 5.41) is 3.45. The van der Waals surface area contributed by atoms with Crippen LogP contribution in [0.3, 0.4) is 0 Å². The van der Waals surface area contributed by atoms with Gasteiger partial charge in [0, 0.05) is 55.6 Å². The quantitative estimate of drug-likeness (QED) is 0.329. The minimum absolute atomic E-state index is 0.0494. The number of amides is 1. The van der Waals surface area contributed by atoms with Crippen molar-refractivity contribution >= 4 is 22.6 Å². The number of aromatic nitrogens is 1. The number of pyridine rings is 1. The first kappa shape index (κ1) is 25.8. The van der Waals surface area contributed by atoms with E-state index in [4.69, 9.17) is 9.15 Å². The molecule has 0 aliphatic carbocycles. The topological polar surface area (TPSA) is 93.8 Å². The Morgan fingerprint density at radius 3 is 2.51 bits per heavy atom. The molecule has 0 aliphatic rings. The van der Waals surface area contributed by atoms with Crippen LogP contribution in [0.5, 0.6) is 5.75 Å². The molecule has 0 atom stereocenters. The number of rotatable bonds is 10. The smallest absolute Gasteiger partial charge is 0.349 e. The molecule has 4 rings (SSSR count). The molecule has 0 saturated heterocycles. The number of carbonyl (C=O) groups is 1. The van der Waals surface area contributed by atoms with Crippen molar-refractivity contribution < 1.29 is 13.9 Å². The molecule has 0 saturated carbocycles. The lowest BCUT2D eigenvalue weighted by molar-refractivity contribution is 0.0948. The predicted molar refractivity (Wildman–Crippen MR) is 145 cm³/mol. The van der Waals surface area contributed by atoms with E-state index < -0.39 is 11.5 Å². The van der Waals surface area contributed by atoms with Crippen LogP contribution in [0.2, 0.25) is 0 Å².